The van der Waals surface area contributed by atoms with Crippen molar-refractivity contribution in [2.75, 3.05) is 18.0 Å². The zero-order chi connectivity index (χ0) is 19.3. The SMILES string of the molecule is CCN1C(=O)c2ncn(Cc3cc(F)ccc3F)c2N2C[C@@H](C(C)C)N=C12. The Hall–Kier alpha value is -2.77. The van der Waals surface area contributed by atoms with Crippen molar-refractivity contribution in [3.05, 3.63) is 47.4 Å². The van der Waals surface area contributed by atoms with Crippen molar-refractivity contribution >= 4 is 17.7 Å². The lowest BCUT2D eigenvalue weighted by Gasteiger charge is -2.33. The summed E-state index contributed by atoms with van der Waals surface area (Å²) >= 11 is 0. The summed E-state index contributed by atoms with van der Waals surface area (Å²) in [7, 11) is 0. The molecule has 1 amide bonds. The van der Waals surface area contributed by atoms with E-state index >= 15 is 0 Å². The van der Waals surface area contributed by atoms with Crippen LogP contribution < -0.4 is 4.90 Å². The molecule has 0 saturated heterocycles. The normalized spacial score (nSPS) is 18.8. The Kier molecular flexibility index (Phi) is 4.20. The molecule has 2 aromatic rings. The van der Waals surface area contributed by atoms with Crippen LogP contribution in [0.5, 0.6) is 0 Å². The van der Waals surface area contributed by atoms with Gasteiger partial charge in [-0.25, -0.2) is 18.8 Å². The maximum Gasteiger partial charge on any atom is 0.283 e. The smallest absolute Gasteiger partial charge is 0.283 e. The Balaban J connectivity index is 1.78. The van der Waals surface area contributed by atoms with E-state index in [4.69, 9.17) is 4.99 Å². The first-order chi connectivity index (χ1) is 12.9. The Morgan fingerprint density at radius 1 is 1.30 bits per heavy atom. The van der Waals surface area contributed by atoms with Gasteiger partial charge in [0, 0.05) is 12.1 Å². The second-order valence-electron chi connectivity index (χ2n) is 7.18. The minimum Gasteiger partial charge on any atom is -0.312 e. The topological polar surface area (TPSA) is 53.7 Å². The molecule has 1 aromatic heterocycles. The molecular weight excluding hydrogens is 352 g/mol. The number of fused-ring (bicyclic) bond motifs is 3. The molecule has 2 aliphatic rings. The zero-order valence-corrected chi connectivity index (χ0v) is 15.5. The molecule has 0 aliphatic carbocycles. The molecule has 4 rings (SSSR count). The monoisotopic (exact) mass is 373 g/mol. The number of anilines is 1. The van der Waals surface area contributed by atoms with Crippen LogP contribution in [0.25, 0.3) is 0 Å². The van der Waals surface area contributed by atoms with E-state index in [-0.39, 0.29) is 24.1 Å². The molecule has 0 unspecified atom stereocenters. The van der Waals surface area contributed by atoms with E-state index in [1.807, 2.05) is 11.8 Å². The molecule has 0 saturated carbocycles. The van der Waals surface area contributed by atoms with Crippen molar-refractivity contribution < 1.29 is 13.6 Å². The first-order valence-electron chi connectivity index (χ1n) is 9.07. The molecule has 0 N–H and O–H groups in total. The third kappa shape index (κ3) is 2.79. The summed E-state index contributed by atoms with van der Waals surface area (Å²) in [4.78, 5) is 25.5. The van der Waals surface area contributed by atoms with Crippen molar-refractivity contribution in [2.45, 2.75) is 33.4 Å². The third-order valence-corrected chi connectivity index (χ3v) is 5.08. The fraction of sp³-hybridized carbons (Fsp3) is 0.421. The van der Waals surface area contributed by atoms with Crippen molar-refractivity contribution in [3.63, 3.8) is 0 Å². The van der Waals surface area contributed by atoms with E-state index < -0.39 is 11.6 Å². The third-order valence-electron chi connectivity index (χ3n) is 5.08. The fourth-order valence-electron chi connectivity index (χ4n) is 3.56. The van der Waals surface area contributed by atoms with E-state index in [0.717, 1.165) is 12.1 Å². The van der Waals surface area contributed by atoms with Crippen molar-refractivity contribution in [3.8, 4) is 0 Å². The summed E-state index contributed by atoms with van der Waals surface area (Å²) in [6.07, 6.45) is 1.51. The van der Waals surface area contributed by atoms with Gasteiger partial charge in [0.15, 0.2) is 5.69 Å². The second-order valence-corrected chi connectivity index (χ2v) is 7.18. The quantitative estimate of drug-likeness (QED) is 0.828. The zero-order valence-electron chi connectivity index (χ0n) is 15.5. The molecule has 0 radical (unpaired) electrons. The molecule has 6 nitrogen and oxygen atoms in total. The number of aromatic nitrogens is 2. The highest BCUT2D eigenvalue weighted by Gasteiger charge is 2.42. The molecule has 1 aromatic carbocycles. The molecule has 142 valence electrons. The van der Waals surface area contributed by atoms with Crippen LogP contribution in [0.15, 0.2) is 29.5 Å². The number of imidazole rings is 1. The van der Waals surface area contributed by atoms with E-state index in [1.165, 1.54) is 12.4 Å². The summed E-state index contributed by atoms with van der Waals surface area (Å²) < 4.78 is 29.3. The van der Waals surface area contributed by atoms with Crippen LogP contribution in [-0.4, -0.2) is 45.4 Å². The van der Waals surface area contributed by atoms with Crippen molar-refractivity contribution in [2.24, 2.45) is 10.9 Å². The number of aliphatic imine (C=N–C) groups is 1. The molecule has 27 heavy (non-hydrogen) atoms. The number of hydrogen-bond donors (Lipinski definition) is 0. The lowest BCUT2D eigenvalue weighted by molar-refractivity contribution is 0.0841. The predicted octanol–water partition coefficient (Wildman–Crippen LogP) is 2.89. The van der Waals surface area contributed by atoms with Crippen LogP contribution in [0, 0.1) is 17.6 Å². The number of benzene rings is 1. The van der Waals surface area contributed by atoms with E-state index in [2.05, 4.69) is 18.8 Å². The van der Waals surface area contributed by atoms with Crippen LogP contribution in [-0.2, 0) is 6.54 Å². The van der Waals surface area contributed by atoms with Crippen LogP contribution in [0.3, 0.4) is 0 Å². The number of carbonyl (C=O) groups excluding carboxylic acids is 1. The minimum atomic E-state index is -0.503. The number of halogens is 2. The Morgan fingerprint density at radius 2 is 2.07 bits per heavy atom. The van der Waals surface area contributed by atoms with Gasteiger partial charge in [-0.15, -0.1) is 0 Å². The molecule has 0 bridgehead atoms. The highest BCUT2D eigenvalue weighted by Crippen LogP contribution is 2.33. The maximum atomic E-state index is 14.1. The van der Waals surface area contributed by atoms with Crippen LogP contribution >= 0.6 is 0 Å². The Bertz CT molecular complexity index is 936. The fourth-order valence-corrected chi connectivity index (χ4v) is 3.56. The van der Waals surface area contributed by atoms with E-state index in [1.54, 1.807) is 9.47 Å². The number of nitrogens with zero attached hydrogens (tertiary/aromatic N) is 5. The molecule has 2 aliphatic heterocycles. The van der Waals surface area contributed by atoms with Gasteiger partial charge < -0.3 is 4.57 Å². The summed E-state index contributed by atoms with van der Waals surface area (Å²) in [5, 5.41) is 0. The first kappa shape index (κ1) is 17.6. The van der Waals surface area contributed by atoms with Gasteiger partial charge in [-0.05, 0) is 31.0 Å². The first-order valence-corrected chi connectivity index (χ1v) is 9.07. The molecule has 1 atom stereocenters. The van der Waals surface area contributed by atoms with E-state index in [0.29, 0.717) is 36.5 Å². The van der Waals surface area contributed by atoms with E-state index in [9.17, 15) is 13.6 Å². The highest BCUT2D eigenvalue weighted by atomic mass is 19.1. The van der Waals surface area contributed by atoms with Gasteiger partial charge in [-0.1, -0.05) is 13.8 Å². The standard InChI is InChI=1S/C19H21F2N5O/c1-4-25-18(27)16-17(26-9-15(11(2)3)23-19(25)26)24(10-22-16)8-12-7-13(20)5-6-14(12)21/h5-7,10-11,15H,4,8-9H2,1-3H3/t15-/m0/s1. The molecule has 8 heteroatoms. The van der Waals surface area contributed by atoms with Gasteiger partial charge in [0.05, 0.1) is 25.5 Å². The molecule has 0 spiro atoms. The predicted molar refractivity (Wildman–Crippen MR) is 97.8 cm³/mol. The second kappa shape index (κ2) is 6.44. The number of hydrogen-bond acceptors (Lipinski definition) is 4. The maximum absolute atomic E-state index is 14.1. The van der Waals surface area contributed by atoms with Gasteiger partial charge >= 0.3 is 0 Å². The molecule has 3 heterocycles. The van der Waals surface area contributed by atoms with Gasteiger partial charge in [0.1, 0.15) is 17.5 Å². The van der Waals surface area contributed by atoms with Gasteiger partial charge in [0.2, 0.25) is 5.96 Å². The molecular formula is C19H21F2N5O. The number of carbonyl (C=O) groups is 1. The van der Waals surface area contributed by atoms with Crippen molar-refractivity contribution in [1.82, 2.24) is 14.5 Å². The largest absolute Gasteiger partial charge is 0.312 e. The van der Waals surface area contributed by atoms with Crippen LogP contribution in [0.2, 0.25) is 0 Å². The average Bonchev–Trinajstić information content (AvgIpc) is 3.23. The van der Waals surface area contributed by atoms with Crippen molar-refractivity contribution in [1.29, 1.82) is 0 Å². The summed E-state index contributed by atoms with van der Waals surface area (Å²) in [6.45, 7) is 7.27. The van der Waals surface area contributed by atoms with Crippen LogP contribution in [0.1, 0.15) is 36.8 Å². The van der Waals surface area contributed by atoms with Gasteiger partial charge in [-0.3, -0.25) is 14.6 Å². The lowest BCUT2D eigenvalue weighted by Crippen LogP contribution is -2.50. The Morgan fingerprint density at radius 3 is 2.78 bits per heavy atom. The van der Waals surface area contributed by atoms with Gasteiger partial charge in [0.25, 0.3) is 5.91 Å². The number of amides is 1. The summed E-state index contributed by atoms with van der Waals surface area (Å²) in [6, 6.07) is 3.42. The minimum absolute atomic E-state index is 0.0575. The number of guanidine groups is 1. The van der Waals surface area contributed by atoms with Gasteiger partial charge in [-0.2, -0.15) is 0 Å². The van der Waals surface area contributed by atoms with Crippen LogP contribution in [0.4, 0.5) is 14.6 Å². The lowest BCUT2D eigenvalue weighted by atomic mass is 10.1. The Labute approximate surface area is 156 Å². The summed E-state index contributed by atoms with van der Waals surface area (Å²) in [5.41, 5.74) is 0.524. The molecule has 0 fully saturated rings. The number of rotatable bonds is 4. The average molecular weight is 373 g/mol. The summed E-state index contributed by atoms with van der Waals surface area (Å²) in [5.74, 6) is 0.302. The highest BCUT2D eigenvalue weighted by molar-refractivity contribution is 6.18.